The van der Waals surface area contributed by atoms with E-state index in [0.717, 1.165) is 18.7 Å². The molecule has 4 heteroatoms. The molecule has 2 heterocycles. The first-order valence-electron chi connectivity index (χ1n) is 6.01. The van der Waals surface area contributed by atoms with Crippen LogP contribution in [-0.4, -0.2) is 16.3 Å². The second-order valence-electron chi connectivity index (χ2n) is 4.63. The third kappa shape index (κ3) is 2.96. The predicted molar refractivity (Wildman–Crippen MR) is 73.1 cm³/mol. The molecule has 0 aliphatic carbocycles. The van der Waals surface area contributed by atoms with Crippen LogP contribution in [0.5, 0.6) is 0 Å². The molecule has 0 aliphatic heterocycles. The van der Waals surface area contributed by atoms with Gasteiger partial charge in [0.15, 0.2) is 0 Å². The summed E-state index contributed by atoms with van der Waals surface area (Å²) in [6, 6.07) is 4.18. The summed E-state index contributed by atoms with van der Waals surface area (Å²) in [6.45, 7) is 6.04. The van der Waals surface area contributed by atoms with Gasteiger partial charge in [0.05, 0.1) is 4.88 Å². The van der Waals surface area contributed by atoms with Crippen molar-refractivity contribution in [2.45, 2.75) is 26.8 Å². The molecule has 0 spiro atoms. The molecule has 0 unspecified atom stereocenters. The van der Waals surface area contributed by atoms with Crippen LogP contribution >= 0.6 is 11.3 Å². The molecule has 0 fully saturated rings. The van der Waals surface area contributed by atoms with E-state index in [1.165, 1.54) is 10.4 Å². The van der Waals surface area contributed by atoms with E-state index in [1.54, 1.807) is 11.3 Å². The maximum absolute atomic E-state index is 5.66. The smallest absolute Gasteiger partial charge is 0.105 e. The average molecular weight is 249 g/mol. The van der Waals surface area contributed by atoms with E-state index in [9.17, 15) is 0 Å². The van der Waals surface area contributed by atoms with Crippen molar-refractivity contribution in [1.29, 1.82) is 0 Å². The second kappa shape index (κ2) is 5.47. The molecule has 2 aromatic heterocycles. The first-order chi connectivity index (χ1) is 8.20. The molecule has 0 atom stereocenters. The summed E-state index contributed by atoms with van der Waals surface area (Å²) >= 11 is 1.73. The lowest BCUT2D eigenvalue weighted by Crippen LogP contribution is -2.05. The topological polar surface area (TPSA) is 43.8 Å². The molecular formula is C13H19N3S. The number of thiophene rings is 1. The van der Waals surface area contributed by atoms with Gasteiger partial charge >= 0.3 is 0 Å². The number of hydrogen-bond acceptors (Lipinski definition) is 3. The Kier molecular flexibility index (Phi) is 3.97. The molecule has 0 amide bonds. The number of rotatable bonds is 5. The van der Waals surface area contributed by atoms with Gasteiger partial charge in [-0.2, -0.15) is 5.10 Å². The second-order valence-corrected chi connectivity index (χ2v) is 5.58. The van der Waals surface area contributed by atoms with E-state index in [4.69, 9.17) is 5.73 Å². The summed E-state index contributed by atoms with van der Waals surface area (Å²) in [4.78, 5) is 1.23. The van der Waals surface area contributed by atoms with E-state index in [2.05, 4.69) is 42.7 Å². The fraction of sp³-hybridized carbons (Fsp3) is 0.462. The molecule has 0 saturated heterocycles. The minimum Gasteiger partial charge on any atom is -0.330 e. The van der Waals surface area contributed by atoms with E-state index < -0.39 is 0 Å². The normalized spacial score (nSPS) is 11.3. The quantitative estimate of drug-likeness (QED) is 0.885. The third-order valence-electron chi connectivity index (χ3n) is 2.56. The predicted octanol–water partition coefficient (Wildman–Crippen LogP) is 2.77. The summed E-state index contributed by atoms with van der Waals surface area (Å²) in [6.07, 6.45) is 3.03. The lowest BCUT2D eigenvalue weighted by atomic mass is 10.1. The van der Waals surface area contributed by atoms with Crippen LogP contribution in [0.4, 0.5) is 0 Å². The minimum atomic E-state index is 0.608. The fourth-order valence-corrected chi connectivity index (χ4v) is 2.63. The van der Waals surface area contributed by atoms with Crippen LogP contribution in [0.25, 0.3) is 10.6 Å². The lowest BCUT2D eigenvalue weighted by molar-refractivity contribution is 0.484. The maximum atomic E-state index is 5.66. The van der Waals surface area contributed by atoms with Crippen LogP contribution in [0.1, 0.15) is 19.4 Å². The highest BCUT2D eigenvalue weighted by Crippen LogP contribution is 2.27. The Labute approximate surface area is 106 Å². The van der Waals surface area contributed by atoms with Gasteiger partial charge in [-0.1, -0.05) is 19.9 Å². The lowest BCUT2D eigenvalue weighted by Gasteiger charge is -2.03. The van der Waals surface area contributed by atoms with Crippen molar-refractivity contribution in [3.8, 4) is 10.6 Å². The zero-order chi connectivity index (χ0) is 12.3. The molecule has 92 valence electrons. The number of nitrogens with zero attached hydrogens (tertiary/aromatic N) is 2. The summed E-state index contributed by atoms with van der Waals surface area (Å²) in [5, 5.41) is 6.77. The Balaban J connectivity index is 2.32. The molecule has 0 aliphatic rings. The number of hydrogen-bond donors (Lipinski definition) is 1. The highest BCUT2D eigenvalue weighted by atomic mass is 32.1. The van der Waals surface area contributed by atoms with Gasteiger partial charge in [0, 0.05) is 18.3 Å². The molecule has 17 heavy (non-hydrogen) atoms. The zero-order valence-electron chi connectivity index (χ0n) is 10.4. The van der Waals surface area contributed by atoms with Crippen LogP contribution in [0.2, 0.25) is 0 Å². The molecule has 2 N–H and O–H groups in total. The Morgan fingerprint density at radius 2 is 2.29 bits per heavy atom. The van der Waals surface area contributed by atoms with Gasteiger partial charge in [-0.25, -0.2) is 0 Å². The third-order valence-corrected chi connectivity index (χ3v) is 3.43. The SMILES string of the molecule is CC(C)Cn1cc(CCN)c(-c2cccs2)n1. The van der Waals surface area contributed by atoms with Gasteiger partial charge in [-0.3, -0.25) is 4.68 Å². The zero-order valence-corrected chi connectivity index (χ0v) is 11.2. The van der Waals surface area contributed by atoms with Crippen molar-refractivity contribution in [3.63, 3.8) is 0 Å². The molecule has 0 bridgehead atoms. The average Bonchev–Trinajstić information content (AvgIpc) is 2.86. The van der Waals surface area contributed by atoms with E-state index in [0.29, 0.717) is 12.5 Å². The van der Waals surface area contributed by atoms with Crippen molar-refractivity contribution in [1.82, 2.24) is 9.78 Å². The Bertz CT molecular complexity index is 457. The molecule has 2 rings (SSSR count). The largest absolute Gasteiger partial charge is 0.330 e. The molecule has 3 nitrogen and oxygen atoms in total. The van der Waals surface area contributed by atoms with E-state index >= 15 is 0 Å². The van der Waals surface area contributed by atoms with E-state index in [1.807, 2.05) is 4.68 Å². The van der Waals surface area contributed by atoms with Gasteiger partial charge < -0.3 is 5.73 Å². The van der Waals surface area contributed by atoms with Crippen LogP contribution in [0.15, 0.2) is 23.7 Å². The van der Waals surface area contributed by atoms with Crippen molar-refractivity contribution in [3.05, 3.63) is 29.3 Å². The highest BCUT2D eigenvalue weighted by Gasteiger charge is 2.11. The van der Waals surface area contributed by atoms with Gasteiger partial charge in [0.1, 0.15) is 5.69 Å². The Morgan fingerprint density at radius 1 is 1.47 bits per heavy atom. The number of nitrogens with two attached hydrogens (primary N) is 1. The van der Waals surface area contributed by atoms with Crippen LogP contribution in [0.3, 0.4) is 0 Å². The van der Waals surface area contributed by atoms with Crippen molar-refractivity contribution < 1.29 is 0 Å². The summed E-state index contributed by atoms with van der Waals surface area (Å²) in [7, 11) is 0. The van der Waals surface area contributed by atoms with Gasteiger partial charge in [-0.15, -0.1) is 11.3 Å². The molecule has 0 aromatic carbocycles. The summed E-state index contributed by atoms with van der Waals surface area (Å²) in [5.74, 6) is 0.608. The Hall–Kier alpha value is -1.13. The highest BCUT2D eigenvalue weighted by molar-refractivity contribution is 7.13. The standard InChI is InChI=1S/C13H19N3S/c1-10(2)8-16-9-11(5-6-14)13(15-16)12-4-3-7-17-12/h3-4,7,9-10H,5-6,8,14H2,1-2H3. The molecule has 2 aromatic rings. The van der Waals surface area contributed by atoms with Crippen LogP contribution in [0, 0.1) is 5.92 Å². The van der Waals surface area contributed by atoms with Crippen molar-refractivity contribution in [2.75, 3.05) is 6.54 Å². The minimum absolute atomic E-state index is 0.608. The van der Waals surface area contributed by atoms with Gasteiger partial charge in [-0.05, 0) is 30.3 Å². The van der Waals surface area contributed by atoms with Crippen molar-refractivity contribution >= 4 is 11.3 Å². The molecule has 0 radical (unpaired) electrons. The summed E-state index contributed by atoms with van der Waals surface area (Å²) < 4.78 is 2.05. The molecular weight excluding hydrogens is 230 g/mol. The van der Waals surface area contributed by atoms with Crippen LogP contribution < -0.4 is 5.73 Å². The van der Waals surface area contributed by atoms with Crippen LogP contribution in [-0.2, 0) is 13.0 Å². The van der Waals surface area contributed by atoms with Gasteiger partial charge in [0.2, 0.25) is 0 Å². The van der Waals surface area contributed by atoms with E-state index in [-0.39, 0.29) is 0 Å². The molecule has 0 saturated carbocycles. The van der Waals surface area contributed by atoms with Gasteiger partial charge in [0.25, 0.3) is 0 Å². The monoisotopic (exact) mass is 249 g/mol. The first-order valence-corrected chi connectivity index (χ1v) is 6.89. The fourth-order valence-electron chi connectivity index (χ4n) is 1.89. The summed E-state index contributed by atoms with van der Waals surface area (Å²) in [5.41, 5.74) is 8.02. The Morgan fingerprint density at radius 3 is 2.88 bits per heavy atom. The first kappa shape index (κ1) is 12.3. The maximum Gasteiger partial charge on any atom is 0.105 e. The number of aromatic nitrogens is 2. The van der Waals surface area contributed by atoms with Crippen molar-refractivity contribution in [2.24, 2.45) is 11.7 Å².